The third-order valence-corrected chi connectivity index (χ3v) is 3.44. The summed E-state index contributed by atoms with van der Waals surface area (Å²) in [5.41, 5.74) is -0.431. The second kappa shape index (κ2) is 5.36. The van der Waals surface area contributed by atoms with Crippen molar-refractivity contribution in [2.24, 2.45) is 0 Å². The summed E-state index contributed by atoms with van der Waals surface area (Å²) in [7, 11) is 0. The molecule has 1 radical (unpaired) electrons. The molecule has 1 atom stereocenters. The summed E-state index contributed by atoms with van der Waals surface area (Å²) in [5.74, 6) is 0.902. The second-order valence-corrected chi connectivity index (χ2v) is 4.94. The third-order valence-electron chi connectivity index (χ3n) is 2.49. The van der Waals surface area contributed by atoms with Crippen LogP contribution in [0, 0.1) is 6.20 Å². The summed E-state index contributed by atoms with van der Waals surface area (Å²) in [6, 6.07) is 0. The van der Waals surface area contributed by atoms with E-state index < -0.39 is 5.44 Å². The Morgan fingerprint density at radius 3 is 3.25 bits per heavy atom. The van der Waals surface area contributed by atoms with Crippen LogP contribution in [-0.4, -0.2) is 49.7 Å². The molecule has 1 unspecified atom stereocenters. The number of amides is 1. The first-order valence-corrected chi connectivity index (χ1v) is 6.26. The molecule has 0 aliphatic carbocycles. The summed E-state index contributed by atoms with van der Waals surface area (Å²) in [6.07, 6.45) is 6.49. The predicted molar refractivity (Wildman–Crippen MR) is 60.7 cm³/mol. The zero-order chi connectivity index (χ0) is 11.4. The first kappa shape index (κ1) is 11.5. The van der Waals surface area contributed by atoms with Crippen molar-refractivity contribution in [1.82, 2.24) is 14.5 Å². The number of hydrogen-bond acceptors (Lipinski definition) is 4. The van der Waals surface area contributed by atoms with Gasteiger partial charge in [0, 0.05) is 31.5 Å². The quantitative estimate of drug-likeness (QED) is 0.806. The fourth-order valence-electron chi connectivity index (χ4n) is 1.61. The number of imidazole rings is 1. The standard InChI is InChI=1S/C10H14N3O2S/c14-9(1-3-12-4-2-11-8-12)13-5-6-16-10(15)7-13/h4,8,10,15H,1,3,5-7H2. The maximum Gasteiger partial charge on any atom is 0.224 e. The van der Waals surface area contributed by atoms with E-state index in [0.29, 0.717) is 19.5 Å². The van der Waals surface area contributed by atoms with Gasteiger partial charge < -0.3 is 14.6 Å². The van der Waals surface area contributed by atoms with Gasteiger partial charge in [-0.15, -0.1) is 11.8 Å². The normalized spacial score (nSPS) is 21.1. The topological polar surface area (TPSA) is 58.4 Å². The minimum Gasteiger partial charge on any atom is -0.381 e. The number of aromatic nitrogens is 2. The minimum absolute atomic E-state index is 0.0908. The Morgan fingerprint density at radius 2 is 2.56 bits per heavy atom. The predicted octanol–water partition coefficient (Wildman–Crippen LogP) is -0.0328. The second-order valence-electron chi connectivity index (χ2n) is 3.66. The van der Waals surface area contributed by atoms with Crippen LogP contribution in [0.4, 0.5) is 0 Å². The number of thioether (sulfide) groups is 1. The van der Waals surface area contributed by atoms with E-state index in [-0.39, 0.29) is 5.91 Å². The minimum atomic E-state index is -0.431. The molecule has 1 fully saturated rings. The lowest BCUT2D eigenvalue weighted by atomic mass is 10.3. The summed E-state index contributed by atoms with van der Waals surface area (Å²) in [4.78, 5) is 17.3. The van der Waals surface area contributed by atoms with Crippen LogP contribution in [0.3, 0.4) is 0 Å². The number of carbonyl (C=O) groups is 1. The smallest absolute Gasteiger partial charge is 0.224 e. The van der Waals surface area contributed by atoms with Gasteiger partial charge in [-0.25, -0.2) is 4.98 Å². The Hall–Kier alpha value is -1.01. The van der Waals surface area contributed by atoms with Crippen molar-refractivity contribution in [3.05, 3.63) is 18.7 Å². The molecule has 2 heterocycles. The SMILES string of the molecule is O=C(CCn1c[c]nc1)N1CCSC(O)C1. The molecule has 1 aromatic rings. The number of rotatable bonds is 3. The van der Waals surface area contributed by atoms with Crippen molar-refractivity contribution >= 4 is 17.7 Å². The Balaban J connectivity index is 1.79. The van der Waals surface area contributed by atoms with Crippen LogP contribution >= 0.6 is 11.8 Å². The van der Waals surface area contributed by atoms with Crippen molar-refractivity contribution in [2.45, 2.75) is 18.4 Å². The summed E-state index contributed by atoms with van der Waals surface area (Å²) >= 11 is 1.50. The van der Waals surface area contributed by atoms with Gasteiger partial charge in [-0.1, -0.05) is 0 Å². The van der Waals surface area contributed by atoms with Gasteiger partial charge in [0.15, 0.2) is 0 Å². The first-order valence-electron chi connectivity index (χ1n) is 5.21. The number of hydrogen-bond donors (Lipinski definition) is 1. The van der Waals surface area contributed by atoms with Gasteiger partial charge >= 0.3 is 0 Å². The van der Waals surface area contributed by atoms with Crippen LogP contribution in [-0.2, 0) is 11.3 Å². The third kappa shape index (κ3) is 2.99. The Labute approximate surface area is 98.5 Å². The van der Waals surface area contributed by atoms with Gasteiger partial charge in [-0.2, -0.15) is 0 Å². The highest BCUT2D eigenvalue weighted by molar-refractivity contribution is 7.99. The van der Waals surface area contributed by atoms with Crippen LogP contribution in [0.25, 0.3) is 0 Å². The molecule has 2 rings (SSSR count). The van der Waals surface area contributed by atoms with Crippen LogP contribution in [0.2, 0.25) is 0 Å². The molecule has 16 heavy (non-hydrogen) atoms. The number of carbonyl (C=O) groups excluding carboxylic acids is 1. The highest BCUT2D eigenvalue weighted by Gasteiger charge is 2.21. The van der Waals surface area contributed by atoms with E-state index in [9.17, 15) is 9.90 Å². The molecule has 1 amide bonds. The largest absolute Gasteiger partial charge is 0.381 e. The highest BCUT2D eigenvalue weighted by Crippen LogP contribution is 2.16. The molecule has 1 aromatic heterocycles. The van der Waals surface area contributed by atoms with Gasteiger partial charge in [0.1, 0.15) is 11.6 Å². The van der Waals surface area contributed by atoms with Crippen molar-refractivity contribution in [1.29, 1.82) is 0 Å². The molecule has 1 N–H and O–H groups in total. The molecule has 6 heteroatoms. The number of β-amino-alcohol motifs (C(OH)–C–C–N with tert-alkyl or cyclic N) is 1. The van der Waals surface area contributed by atoms with E-state index in [2.05, 4.69) is 11.2 Å². The van der Waals surface area contributed by atoms with E-state index in [1.54, 1.807) is 17.4 Å². The fourth-order valence-corrected chi connectivity index (χ4v) is 2.49. The van der Waals surface area contributed by atoms with Gasteiger partial charge in [-0.05, 0) is 0 Å². The Morgan fingerprint density at radius 1 is 1.69 bits per heavy atom. The zero-order valence-electron chi connectivity index (χ0n) is 8.87. The monoisotopic (exact) mass is 240 g/mol. The molecule has 1 aliphatic heterocycles. The highest BCUT2D eigenvalue weighted by atomic mass is 32.2. The van der Waals surface area contributed by atoms with Gasteiger partial charge in [-0.3, -0.25) is 4.79 Å². The molecular weight excluding hydrogens is 226 g/mol. The number of aryl methyl sites for hydroxylation is 1. The fraction of sp³-hybridized carbons (Fsp3) is 0.600. The van der Waals surface area contributed by atoms with E-state index in [0.717, 1.165) is 12.3 Å². The maximum atomic E-state index is 11.8. The molecule has 0 saturated carbocycles. The Kier molecular flexibility index (Phi) is 3.84. The number of aliphatic hydroxyl groups excluding tert-OH is 1. The molecule has 0 spiro atoms. The lowest BCUT2D eigenvalue weighted by Crippen LogP contribution is -2.42. The lowest BCUT2D eigenvalue weighted by molar-refractivity contribution is -0.132. The molecule has 1 aliphatic rings. The molecule has 0 bridgehead atoms. The van der Waals surface area contributed by atoms with Crippen LogP contribution in [0.15, 0.2) is 12.5 Å². The van der Waals surface area contributed by atoms with Crippen molar-refractivity contribution in [2.75, 3.05) is 18.8 Å². The van der Waals surface area contributed by atoms with Gasteiger partial charge in [0.05, 0.1) is 12.9 Å². The maximum absolute atomic E-state index is 11.8. The van der Waals surface area contributed by atoms with E-state index in [1.165, 1.54) is 11.8 Å². The molecular formula is C10H14N3O2S. The first-order chi connectivity index (χ1) is 7.75. The average Bonchev–Trinajstić information content (AvgIpc) is 2.78. The molecule has 87 valence electrons. The van der Waals surface area contributed by atoms with E-state index in [1.807, 2.05) is 4.57 Å². The summed E-state index contributed by atoms with van der Waals surface area (Å²) in [6.45, 7) is 1.80. The van der Waals surface area contributed by atoms with Crippen LogP contribution in [0.1, 0.15) is 6.42 Å². The number of nitrogens with zero attached hydrogens (tertiary/aromatic N) is 3. The average molecular weight is 240 g/mol. The van der Waals surface area contributed by atoms with Gasteiger partial charge in [0.25, 0.3) is 0 Å². The number of aliphatic hydroxyl groups is 1. The molecule has 0 aromatic carbocycles. The molecule has 5 nitrogen and oxygen atoms in total. The van der Waals surface area contributed by atoms with Crippen LogP contribution < -0.4 is 0 Å². The van der Waals surface area contributed by atoms with Crippen molar-refractivity contribution < 1.29 is 9.90 Å². The van der Waals surface area contributed by atoms with E-state index >= 15 is 0 Å². The Bertz CT molecular complexity index is 342. The molecule has 1 saturated heterocycles. The van der Waals surface area contributed by atoms with Crippen LogP contribution in [0.5, 0.6) is 0 Å². The zero-order valence-corrected chi connectivity index (χ0v) is 9.69. The van der Waals surface area contributed by atoms with Crippen molar-refractivity contribution in [3.8, 4) is 0 Å². The van der Waals surface area contributed by atoms with Gasteiger partial charge in [0.2, 0.25) is 5.91 Å². The summed E-state index contributed by atoms with van der Waals surface area (Å²) in [5, 5.41) is 9.43. The van der Waals surface area contributed by atoms with E-state index in [4.69, 9.17) is 0 Å². The lowest BCUT2D eigenvalue weighted by Gasteiger charge is -2.29. The summed E-state index contributed by atoms with van der Waals surface area (Å²) < 4.78 is 1.83. The van der Waals surface area contributed by atoms with Crippen molar-refractivity contribution in [3.63, 3.8) is 0 Å².